The van der Waals surface area contributed by atoms with Crippen molar-refractivity contribution >= 4 is 36.2 Å². The van der Waals surface area contributed by atoms with Gasteiger partial charge >= 0.3 is 12.0 Å². The number of halogens is 1. The molecule has 1 saturated heterocycles. The molecule has 2 rings (SSSR count). The van der Waals surface area contributed by atoms with Gasteiger partial charge in [-0.3, -0.25) is 10.2 Å². The predicted molar refractivity (Wildman–Crippen MR) is 92.0 cm³/mol. The molecule has 2 atom stereocenters. The molecule has 1 aliphatic rings. The molecule has 0 radical (unpaired) electrons. The van der Waals surface area contributed by atoms with Crippen LogP contribution in [-0.4, -0.2) is 46.5 Å². The van der Waals surface area contributed by atoms with E-state index in [0.717, 1.165) is 0 Å². The van der Waals surface area contributed by atoms with Crippen LogP contribution in [0.5, 0.6) is 0 Å². The number of hydrogen-bond acceptors (Lipinski definition) is 5. The average Bonchev–Trinajstić information content (AvgIpc) is 2.77. The summed E-state index contributed by atoms with van der Waals surface area (Å²) in [5.74, 6) is -1.88. The number of benzene rings is 1. The van der Waals surface area contributed by atoms with Crippen molar-refractivity contribution in [3.05, 3.63) is 35.4 Å². The van der Waals surface area contributed by atoms with Gasteiger partial charge in [0, 0.05) is 5.56 Å². The number of carboxylic acids is 1. The predicted octanol–water partition coefficient (Wildman–Crippen LogP) is 1.71. The fourth-order valence-electron chi connectivity index (χ4n) is 2.50. The number of amides is 3. The van der Waals surface area contributed by atoms with E-state index in [0.29, 0.717) is 22.6 Å². The van der Waals surface area contributed by atoms with E-state index in [2.05, 4.69) is 5.32 Å². The molecule has 3 N–H and O–H groups in total. The van der Waals surface area contributed by atoms with Gasteiger partial charge in [0.15, 0.2) is 0 Å². The number of carbonyl (C=O) groups is 3. The van der Waals surface area contributed by atoms with Gasteiger partial charge in [-0.15, -0.1) is 12.4 Å². The lowest BCUT2D eigenvalue weighted by Crippen LogP contribution is -2.45. The third kappa shape index (κ3) is 3.58. The Balaban J connectivity index is 0.00000312. The summed E-state index contributed by atoms with van der Waals surface area (Å²) in [7, 11) is 0. The quantitative estimate of drug-likeness (QED) is 0.414. The van der Waals surface area contributed by atoms with E-state index in [9.17, 15) is 14.4 Å². The number of nitrogens with zero attached hydrogens (tertiary/aromatic N) is 1. The molecule has 1 heterocycles. The highest BCUT2D eigenvalue weighted by Gasteiger charge is 2.51. The topological polar surface area (TPSA) is 120 Å². The van der Waals surface area contributed by atoms with Crippen LogP contribution in [0.3, 0.4) is 0 Å². The maximum absolute atomic E-state index is 12.6. The first-order chi connectivity index (χ1) is 11.2. The van der Waals surface area contributed by atoms with Crippen LogP contribution in [0.1, 0.15) is 31.9 Å². The second-order valence-corrected chi connectivity index (χ2v) is 5.58. The number of imide groups is 1. The van der Waals surface area contributed by atoms with Crippen molar-refractivity contribution < 1.29 is 24.2 Å². The Morgan fingerprint density at radius 1 is 1.36 bits per heavy atom. The Bertz CT molecular complexity index is 706. The van der Waals surface area contributed by atoms with Gasteiger partial charge in [0.1, 0.15) is 11.6 Å². The van der Waals surface area contributed by atoms with Crippen molar-refractivity contribution in [2.24, 2.45) is 0 Å². The minimum Gasteiger partial charge on any atom is -0.480 e. The molecular formula is C16H20ClN3O5. The summed E-state index contributed by atoms with van der Waals surface area (Å²) in [6.07, 6.45) is 0. The molecule has 0 spiro atoms. The fourth-order valence-corrected chi connectivity index (χ4v) is 2.50. The zero-order valence-electron chi connectivity index (χ0n) is 14.0. The summed E-state index contributed by atoms with van der Waals surface area (Å²) in [6, 6.07) is 4.43. The number of carbonyl (C=O) groups excluding carboxylic acids is 2. The number of hydrogen-bond donors (Lipinski definition) is 3. The minimum absolute atomic E-state index is 0. The van der Waals surface area contributed by atoms with Gasteiger partial charge in [0.2, 0.25) is 5.90 Å². The third-order valence-electron chi connectivity index (χ3n) is 3.98. The molecule has 1 aliphatic heterocycles. The largest absolute Gasteiger partial charge is 0.480 e. The van der Waals surface area contributed by atoms with Crippen molar-refractivity contribution in [1.29, 1.82) is 5.41 Å². The minimum atomic E-state index is -1.35. The number of carboxylic acid groups (broad SMARTS) is 1. The summed E-state index contributed by atoms with van der Waals surface area (Å²) in [4.78, 5) is 36.5. The van der Waals surface area contributed by atoms with Crippen LogP contribution < -0.4 is 5.32 Å². The van der Waals surface area contributed by atoms with Crippen LogP contribution in [0.15, 0.2) is 24.3 Å². The van der Waals surface area contributed by atoms with Crippen LogP contribution in [0, 0.1) is 5.41 Å². The normalized spacial score (nSPS) is 20.5. The Morgan fingerprint density at radius 2 is 1.92 bits per heavy atom. The van der Waals surface area contributed by atoms with Crippen molar-refractivity contribution in [3.63, 3.8) is 0 Å². The molecule has 1 unspecified atom stereocenters. The van der Waals surface area contributed by atoms with Crippen molar-refractivity contribution in [2.45, 2.75) is 32.4 Å². The number of ether oxygens (including phenoxy) is 1. The summed E-state index contributed by atoms with van der Waals surface area (Å²) >= 11 is 0. The van der Waals surface area contributed by atoms with Gasteiger partial charge in [-0.2, -0.15) is 0 Å². The highest BCUT2D eigenvalue weighted by atomic mass is 35.5. The first-order valence-electron chi connectivity index (χ1n) is 7.43. The van der Waals surface area contributed by atoms with Crippen LogP contribution in [0.2, 0.25) is 0 Å². The van der Waals surface area contributed by atoms with E-state index < -0.39 is 29.5 Å². The van der Waals surface area contributed by atoms with Crippen LogP contribution >= 0.6 is 12.4 Å². The van der Waals surface area contributed by atoms with E-state index in [1.165, 1.54) is 13.8 Å². The molecule has 136 valence electrons. The lowest BCUT2D eigenvalue weighted by Gasteiger charge is -2.23. The molecule has 0 saturated carbocycles. The first kappa shape index (κ1) is 20.4. The highest BCUT2D eigenvalue weighted by Crippen LogP contribution is 2.30. The molecule has 1 aromatic rings. The second kappa shape index (κ2) is 7.52. The molecule has 0 bridgehead atoms. The lowest BCUT2D eigenvalue weighted by molar-refractivity contribution is -0.147. The zero-order chi connectivity index (χ0) is 18.1. The zero-order valence-corrected chi connectivity index (χ0v) is 14.8. The van der Waals surface area contributed by atoms with Gasteiger partial charge in [0.05, 0.1) is 6.61 Å². The molecule has 25 heavy (non-hydrogen) atoms. The van der Waals surface area contributed by atoms with Crippen LogP contribution in [0.25, 0.3) is 0 Å². The summed E-state index contributed by atoms with van der Waals surface area (Å²) in [5, 5.41) is 19.3. The molecule has 0 aromatic heterocycles. The standard InChI is InChI=1S/C16H19N3O5.ClH/c1-4-24-12(17)10-5-7-11(8-6-10)16(3)14(22)19(15(23)18-16)9(2)13(20)21;/h5-9,17H,4H2,1-3H3,(H,18,23)(H,20,21);1H/t9?,16-;/m0./s1. The smallest absolute Gasteiger partial charge is 0.326 e. The second-order valence-electron chi connectivity index (χ2n) is 5.58. The number of nitrogens with one attached hydrogen (secondary N) is 2. The van der Waals surface area contributed by atoms with Crippen LogP contribution in [-0.2, 0) is 19.9 Å². The Kier molecular flexibility index (Phi) is 6.15. The summed E-state index contributed by atoms with van der Waals surface area (Å²) < 4.78 is 5.10. The summed E-state index contributed by atoms with van der Waals surface area (Å²) in [6.45, 7) is 4.94. The highest BCUT2D eigenvalue weighted by molar-refractivity contribution is 6.09. The molecule has 0 aliphatic carbocycles. The Morgan fingerprint density at radius 3 is 2.40 bits per heavy atom. The van der Waals surface area contributed by atoms with Crippen LogP contribution in [0.4, 0.5) is 4.79 Å². The van der Waals surface area contributed by atoms with Gasteiger partial charge < -0.3 is 15.2 Å². The molecule has 1 fully saturated rings. The maximum Gasteiger partial charge on any atom is 0.326 e. The van der Waals surface area contributed by atoms with Gasteiger partial charge in [0.25, 0.3) is 5.91 Å². The van der Waals surface area contributed by atoms with E-state index in [1.54, 1.807) is 31.2 Å². The monoisotopic (exact) mass is 369 g/mol. The molecule has 1 aromatic carbocycles. The van der Waals surface area contributed by atoms with E-state index in [1.807, 2.05) is 0 Å². The van der Waals surface area contributed by atoms with E-state index in [-0.39, 0.29) is 18.3 Å². The molecular weight excluding hydrogens is 350 g/mol. The van der Waals surface area contributed by atoms with Gasteiger partial charge in [-0.1, -0.05) is 12.1 Å². The average molecular weight is 370 g/mol. The molecule has 9 heteroatoms. The van der Waals surface area contributed by atoms with Crippen molar-refractivity contribution in [1.82, 2.24) is 10.2 Å². The van der Waals surface area contributed by atoms with Gasteiger partial charge in [-0.05, 0) is 38.5 Å². The molecule has 8 nitrogen and oxygen atoms in total. The van der Waals surface area contributed by atoms with E-state index in [4.69, 9.17) is 15.3 Å². The summed E-state index contributed by atoms with van der Waals surface area (Å²) in [5.41, 5.74) is -0.321. The number of urea groups is 1. The Labute approximate surface area is 151 Å². The van der Waals surface area contributed by atoms with Gasteiger partial charge in [-0.25, -0.2) is 14.5 Å². The third-order valence-corrected chi connectivity index (χ3v) is 3.98. The molecule has 3 amide bonds. The fraction of sp³-hybridized carbons (Fsp3) is 0.375. The lowest BCUT2D eigenvalue weighted by atomic mass is 9.91. The first-order valence-corrected chi connectivity index (χ1v) is 7.43. The Hall–Kier alpha value is -2.61. The van der Waals surface area contributed by atoms with E-state index >= 15 is 0 Å². The number of rotatable bonds is 5. The SMILES string of the molecule is CCOC(=N)c1ccc([C@]2(C)NC(=O)N(C(C)C(=O)O)C2=O)cc1.Cl. The van der Waals surface area contributed by atoms with Crippen molar-refractivity contribution in [2.75, 3.05) is 6.61 Å². The maximum atomic E-state index is 12.6. The van der Waals surface area contributed by atoms with Crippen molar-refractivity contribution in [3.8, 4) is 0 Å². The number of aliphatic carboxylic acids is 1.